The minimum Gasteiger partial charge on any atom is -0.387 e. The monoisotopic (exact) mass is 336 g/mol. The fourth-order valence-electron chi connectivity index (χ4n) is 2.69. The summed E-state index contributed by atoms with van der Waals surface area (Å²) in [5.41, 5.74) is 0.927. The Morgan fingerprint density at radius 2 is 2.04 bits per heavy atom. The van der Waals surface area contributed by atoms with E-state index in [0.717, 1.165) is 0 Å². The average Bonchev–Trinajstić information content (AvgIpc) is 3.09. The second kappa shape index (κ2) is 6.30. The second-order valence-electron chi connectivity index (χ2n) is 5.89. The second-order valence-corrected chi connectivity index (χ2v) is 5.89. The number of hydrogen-bond acceptors (Lipinski definition) is 8. The molecule has 3 rings (SSSR count). The van der Waals surface area contributed by atoms with Gasteiger partial charge in [-0.15, -0.1) is 0 Å². The molecule has 2 aromatic rings. The zero-order valence-corrected chi connectivity index (χ0v) is 13.5. The van der Waals surface area contributed by atoms with E-state index >= 15 is 0 Å². The highest BCUT2D eigenvalue weighted by molar-refractivity contribution is 5.83. The summed E-state index contributed by atoms with van der Waals surface area (Å²) < 4.78 is 7.09. The molecule has 0 bridgehead atoms. The van der Waals surface area contributed by atoms with E-state index < -0.39 is 30.4 Å². The number of imidazole rings is 1. The third kappa shape index (κ3) is 2.68. The van der Waals surface area contributed by atoms with Gasteiger partial charge in [-0.05, 0) is 13.8 Å². The van der Waals surface area contributed by atoms with Gasteiger partial charge in [0.15, 0.2) is 23.8 Å². The van der Waals surface area contributed by atoms with Crippen molar-refractivity contribution in [2.45, 2.75) is 44.4 Å². The summed E-state index contributed by atoms with van der Waals surface area (Å²) >= 11 is 0. The molecule has 4 N–H and O–H groups in total. The lowest BCUT2D eigenvalue weighted by Crippen LogP contribution is -2.45. The van der Waals surface area contributed by atoms with Gasteiger partial charge in [0, 0.05) is 13.1 Å². The normalized spacial score (nSPS) is 26.9. The lowest BCUT2D eigenvalue weighted by molar-refractivity contribution is -0.138. The van der Waals surface area contributed by atoms with Crippen molar-refractivity contribution in [2.75, 3.05) is 12.4 Å². The Morgan fingerprint density at radius 3 is 2.71 bits per heavy atom. The van der Waals surface area contributed by atoms with E-state index in [4.69, 9.17) is 4.74 Å². The van der Waals surface area contributed by atoms with Crippen molar-refractivity contribution < 1.29 is 19.7 Å². The maximum absolute atomic E-state index is 12.1. The van der Waals surface area contributed by atoms with Crippen molar-refractivity contribution in [1.82, 2.24) is 24.8 Å². The van der Waals surface area contributed by atoms with Gasteiger partial charge in [-0.25, -0.2) is 15.0 Å². The molecule has 10 nitrogen and oxygen atoms in total. The average molecular weight is 336 g/mol. The number of ether oxygens (including phenoxy) is 1. The molecular weight excluding hydrogens is 316 g/mol. The topological polar surface area (TPSA) is 134 Å². The number of carbonyl (C=O) groups excluding carboxylic acids is 1. The van der Waals surface area contributed by atoms with Crippen LogP contribution in [0.5, 0.6) is 0 Å². The van der Waals surface area contributed by atoms with Gasteiger partial charge in [-0.1, -0.05) is 0 Å². The highest BCUT2D eigenvalue weighted by Crippen LogP contribution is 2.32. The third-order valence-corrected chi connectivity index (χ3v) is 3.80. The molecule has 3 heterocycles. The number of carbonyl (C=O) groups is 1. The molecule has 0 saturated carbocycles. The number of nitrogens with one attached hydrogen (secondary N) is 2. The summed E-state index contributed by atoms with van der Waals surface area (Å²) in [6.45, 7) is 3.60. The highest BCUT2D eigenvalue weighted by Gasteiger charge is 2.47. The summed E-state index contributed by atoms with van der Waals surface area (Å²) in [6.07, 6.45) is -2.01. The molecule has 1 saturated heterocycles. The molecular formula is C14H20N6O4. The quantitative estimate of drug-likeness (QED) is 0.559. The van der Waals surface area contributed by atoms with Crippen molar-refractivity contribution in [3.05, 3.63) is 12.7 Å². The summed E-state index contributed by atoms with van der Waals surface area (Å²) in [4.78, 5) is 24.5. The number of anilines is 1. The van der Waals surface area contributed by atoms with Crippen LogP contribution in [0.15, 0.2) is 12.7 Å². The van der Waals surface area contributed by atoms with Crippen LogP contribution in [0.3, 0.4) is 0 Å². The van der Waals surface area contributed by atoms with Crippen LogP contribution in [-0.2, 0) is 9.53 Å². The number of nitrogens with zero attached hydrogens (tertiary/aromatic N) is 4. The van der Waals surface area contributed by atoms with Crippen LogP contribution in [0.2, 0.25) is 0 Å². The van der Waals surface area contributed by atoms with Gasteiger partial charge in [0.05, 0.1) is 6.33 Å². The largest absolute Gasteiger partial charge is 0.387 e. The zero-order chi connectivity index (χ0) is 17.4. The number of aliphatic hydroxyl groups is 2. The van der Waals surface area contributed by atoms with Crippen LogP contribution in [-0.4, -0.2) is 67.0 Å². The van der Waals surface area contributed by atoms with Crippen LogP contribution >= 0.6 is 0 Å². The van der Waals surface area contributed by atoms with Crippen molar-refractivity contribution >= 4 is 22.9 Å². The van der Waals surface area contributed by atoms with Gasteiger partial charge in [-0.3, -0.25) is 9.36 Å². The first-order valence-corrected chi connectivity index (χ1v) is 7.61. The van der Waals surface area contributed by atoms with Crippen LogP contribution in [0.25, 0.3) is 11.2 Å². The lowest BCUT2D eigenvalue weighted by atomic mass is 10.1. The SMILES string of the molecule is CNc1ncnc2c1ncn2[C@@H]1O[C@H](C(=O)NC(C)C)[C@@H](O)[C@H]1O. The first-order valence-electron chi connectivity index (χ1n) is 7.61. The predicted molar refractivity (Wildman–Crippen MR) is 84.1 cm³/mol. The molecule has 1 amide bonds. The maximum atomic E-state index is 12.1. The number of fused-ring (bicyclic) bond motifs is 1. The first kappa shape index (κ1) is 16.6. The van der Waals surface area contributed by atoms with Crippen LogP contribution in [0.1, 0.15) is 20.1 Å². The Hall–Kier alpha value is -2.30. The van der Waals surface area contributed by atoms with E-state index in [1.165, 1.54) is 17.2 Å². The zero-order valence-electron chi connectivity index (χ0n) is 13.5. The fraction of sp³-hybridized carbons (Fsp3) is 0.571. The third-order valence-electron chi connectivity index (χ3n) is 3.80. The standard InChI is InChI=1S/C14H20N6O4/c1-6(2)19-13(23)10-8(21)9(22)14(24-10)20-5-18-7-11(15-3)16-4-17-12(7)20/h4-6,8-10,14,21-22H,1-3H3,(H,19,23)(H,15,16,17)/t8-,9+,10-,14+/m0/s1. The van der Waals surface area contributed by atoms with Crippen LogP contribution in [0, 0.1) is 0 Å². The first-order chi connectivity index (χ1) is 11.4. The fourth-order valence-corrected chi connectivity index (χ4v) is 2.69. The minimum absolute atomic E-state index is 0.107. The summed E-state index contributed by atoms with van der Waals surface area (Å²) in [6, 6.07) is -0.107. The number of rotatable bonds is 4. The molecule has 2 aromatic heterocycles. The molecule has 0 unspecified atom stereocenters. The Morgan fingerprint density at radius 1 is 1.29 bits per heavy atom. The molecule has 10 heteroatoms. The van der Waals surface area contributed by atoms with E-state index in [-0.39, 0.29) is 6.04 Å². The van der Waals surface area contributed by atoms with Gasteiger partial charge >= 0.3 is 0 Å². The van der Waals surface area contributed by atoms with E-state index in [1.807, 2.05) is 0 Å². The van der Waals surface area contributed by atoms with Crippen molar-refractivity contribution in [1.29, 1.82) is 0 Å². The predicted octanol–water partition coefficient (Wildman–Crippen LogP) is -0.988. The molecule has 1 aliphatic heterocycles. The number of hydrogen-bond donors (Lipinski definition) is 4. The Labute approximate surface area is 137 Å². The molecule has 0 radical (unpaired) electrons. The van der Waals surface area contributed by atoms with Crippen molar-refractivity contribution in [3.63, 3.8) is 0 Å². The molecule has 24 heavy (non-hydrogen) atoms. The summed E-state index contributed by atoms with van der Waals surface area (Å²) in [5.74, 6) is 0.0508. The van der Waals surface area contributed by atoms with E-state index in [0.29, 0.717) is 17.0 Å². The van der Waals surface area contributed by atoms with Gasteiger partial charge in [-0.2, -0.15) is 0 Å². The van der Waals surface area contributed by atoms with Crippen molar-refractivity contribution in [2.24, 2.45) is 0 Å². The smallest absolute Gasteiger partial charge is 0.252 e. The molecule has 0 aliphatic carbocycles. The molecule has 0 aromatic carbocycles. The van der Waals surface area contributed by atoms with Gasteiger partial charge in [0.1, 0.15) is 24.1 Å². The molecule has 4 atom stereocenters. The van der Waals surface area contributed by atoms with E-state index in [1.54, 1.807) is 20.9 Å². The number of amides is 1. The minimum atomic E-state index is -1.35. The Balaban J connectivity index is 1.92. The number of aliphatic hydroxyl groups excluding tert-OH is 2. The van der Waals surface area contributed by atoms with Gasteiger partial charge in [0.25, 0.3) is 5.91 Å². The highest BCUT2D eigenvalue weighted by atomic mass is 16.6. The molecule has 0 spiro atoms. The van der Waals surface area contributed by atoms with Crippen molar-refractivity contribution in [3.8, 4) is 0 Å². The Bertz CT molecular complexity index is 748. The maximum Gasteiger partial charge on any atom is 0.252 e. The van der Waals surface area contributed by atoms with Gasteiger partial charge < -0.3 is 25.6 Å². The molecule has 1 aliphatic rings. The van der Waals surface area contributed by atoms with E-state index in [2.05, 4.69) is 25.6 Å². The van der Waals surface area contributed by atoms with E-state index in [9.17, 15) is 15.0 Å². The summed E-state index contributed by atoms with van der Waals surface area (Å²) in [7, 11) is 1.71. The van der Waals surface area contributed by atoms with Gasteiger partial charge in [0.2, 0.25) is 0 Å². The molecule has 130 valence electrons. The lowest BCUT2D eigenvalue weighted by Gasteiger charge is -2.17. The van der Waals surface area contributed by atoms with Crippen LogP contribution in [0.4, 0.5) is 5.82 Å². The Kier molecular flexibility index (Phi) is 4.35. The van der Waals surface area contributed by atoms with Crippen LogP contribution < -0.4 is 10.6 Å². The molecule has 1 fully saturated rings. The number of aromatic nitrogens is 4. The summed E-state index contributed by atoms with van der Waals surface area (Å²) in [5, 5.41) is 26.0.